The molecule has 2 bridgehead atoms. The Morgan fingerprint density at radius 2 is 0.886 bits per heavy atom. The van der Waals surface area contributed by atoms with Crippen LogP contribution < -0.4 is 4.90 Å². The molecule has 0 aliphatic carbocycles. The van der Waals surface area contributed by atoms with E-state index in [1.165, 1.54) is 0 Å². The summed E-state index contributed by atoms with van der Waals surface area (Å²) in [6, 6.07) is 35.4. The van der Waals surface area contributed by atoms with Gasteiger partial charge in [0, 0.05) is 5.69 Å². The smallest absolute Gasteiger partial charge is 0.338 e. The first-order valence-electron chi connectivity index (χ1n) is 11.7. The van der Waals surface area contributed by atoms with E-state index in [1.807, 2.05) is 54.6 Å². The Bertz CT molecular complexity index is 1270. The molecule has 5 nitrogen and oxygen atoms in total. The number of carbonyl (C=O) groups is 2. The van der Waals surface area contributed by atoms with Gasteiger partial charge in [0.05, 0.1) is 23.2 Å². The van der Waals surface area contributed by atoms with Crippen molar-refractivity contribution in [3.05, 3.63) is 138 Å². The molecule has 0 saturated carbocycles. The summed E-state index contributed by atoms with van der Waals surface area (Å²) >= 11 is 0. The van der Waals surface area contributed by atoms with Gasteiger partial charge < -0.3 is 14.4 Å². The van der Waals surface area contributed by atoms with E-state index in [-0.39, 0.29) is 12.1 Å². The lowest BCUT2D eigenvalue weighted by molar-refractivity contribution is -0.0348. The van der Waals surface area contributed by atoms with Crippen molar-refractivity contribution in [3.63, 3.8) is 0 Å². The minimum absolute atomic E-state index is 0.278. The molecule has 172 valence electrons. The summed E-state index contributed by atoms with van der Waals surface area (Å²) in [6.45, 7) is 0. The predicted octanol–water partition coefficient (Wildman–Crippen LogP) is 5.75. The van der Waals surface area contributed by atoms with Crippen molar-refractivity contribution in [3.8, 4) is 0 Å². The van der Waals surface area contributed by atoms with Crippen LogP contribution >= 0.6 is 0 Å². The Balaban J connectivity index is 1.42. The number of benzene rings is 4. The second-order valence-electron chi connectivity index (χ2n) is 8.73. The molecule has 0 amide bonds. The third-order valence-electron chi connectivity index (χ3n) is 6.74. The second-order valence-corrected chi connectivity index (χ2v) is 8.73. The van der Waals surface area contributed by atoms with Crippen LogP contribution in [0.1, 0.15) is 43.9 Å². The third kappa shape index (κ3) is 3.66. The molecule has 4 aromatic carbocycles. The Hall–Kier alpha value is -4.38. The summed E-state index contributed by atoms with van der Waals surface area (Å²) in [6.07, 6.45) is -1.34. The van der Waals surface area contributed by atoms with Gasteiger partial charge >= 0.3 is 11.9 Å². The number of fused-ring (bicyclic) bond motifs is 5. The van der Waals surface area contributed by atoms with E-state index in [9.17, 15) is 9.59 Å². The highest BCUT2D eigenvalue weighted by molar-refractivity contribution is 5.91. The first-order valence-corrected chi connectivity index (χ1v) is 11.7. The molecule has 4 atom stereocenters. The van der Waals surface area contributed by atoms with Gasteiger partial charge in [-0.05, 0) is 47.5 Å². The molecule has 2 aliphatic rings. The fourth-order valence-electron chi connectivity index (χ4n) is 5.27. The number of anilines is 1. The Labute approximate surface area is 203 Å². The average molecular weight is 462 g/mol. The number of carbonyl (C=O) groups excluding carboxylic acids is 2. The number of hydrogen-bond acceptors (Lipinski definition) is 5. The lowest BCUT2D eigenvalue weighted by atomic mass is 9.87. The number of hydrogen-bond donors (Lipinski definition) is 0. The topological polar surface area (TPSA) is 55.8 Å². The van der Waals surface area contributed by atoms with Crippen molar-refractivity contribution in [2.45, 2.75) is 24.3 Å². The van der Waals surface area contributed by atoms with Gasteiger partial charge in [0.15, 0.2) is 12.2 Å². The lowest BCUT2D eigenvalue weighted by Gasteiger charge is -2.29. The molecule has 0 spiro atoms. The van der Waals surface area contributed by atoms with Gasteiger partial charge in [-0.25, -0.2) is 9.59 Å². The highest BCUT2D eigenvalue weighted by Crippen LogP contribution is 2.57. The van der Waals surface area contributed by atoms with Crippen molar-refractivity contribution >= 4 is 17.6 Å². The van der Waals surface area contributed by atoms with Gasteiger partial charge in [-0.15, -0.1) is 0 Å². The molecule has 1 fully saturated rings. The molecule has 2 heterocycles. The fourth-order valence-corrected chi connectivity index (χ4v) is 5.27. The summed E-state index contributed by atoms with van der Waals surface area (Å²) in [5.41, 5.74) is 4.07. The molecule has 0 aromatic heterocycles. The quantitative estimate of drug-likeness (QED) is 0.354. The number of ether oxygens (including phenoxy) is 2. The van der Waals surface area contributed by atoms with Crippen LogP contribution in [-0.2, 0) is 9.47 Å². The average Bonchev–Trinajstić information content (AvgIpc) is 3.42. The summed E-state index contributed by atoms with van der Waals surface area (Å²) in [5.74, 6) is -0.871. The first kappa shape index (κ1) is 21.2. The molecular formula is C30H23NO4. The van der Waals surface area contributed by atoms with Crippen molar-refractivity contribution in [2.24, 2.45) is 0 Å². The zero-order chi connectivity index (χ0) is 23.8. The molecule has 1 saturated heterocycles. The summed E-state index contributed by atoms with van der Waals surface area (Å²) in [5, 5.41) is 0. The van der Waals surface area contributed by atoms with E-state index >= 15 is 0 Å². The minimum Gasteiger partial charge on any atom is -0.452 e. The van der Waals surface area contributed by atoms with E-state index < -0.39 is 24.1 Å². The van der Waals surface area contributed by atoms with Crippen molar-refractivity contribution in [2.75, 3.05) is 4.90 Å². The van der Waals surface area contributed by atoms with Gasteiger partial charge in [-0.3, -0.25) is 0 Å². The van der Waals surface area contributed by atoms with Gasteiger partial charge in [0.25, 0.3) is 0 Å². The molecule has 0 N–H and O–H groups in total. The lowest BCUT2D eigenvalue weighted by Crippen LogP contribution is -2.39. The summed E-state index contributed by atoms with van der Waals surface area (Å²) < 4.78 is 12.3. The monoisotopic (exact) mass is 461 g/mol. The second kappa shape index (κ2) is 8.76. The zero-order valence-corrected chi connectivity index (χ0v) is 18.9. The van der Waals surface area contributed by atoms with Crippen LogP contribution in [0.2, 0.25) is 0 Å². The van der Waals surface area contributed by atoms with E-state index in [0.717, 1.165) is 16.8 Å². The maximum Gasteiger partial charge on any atom is 0.338 e. The SMILES string of the molecule is O=C(OC1C(OC(=O)c2ccccc2)C2c3ccccc3C1N2c1ccccc1)c1ccccc1. The fraction of sp³-hybridized carbons (Fsp3) is 0.133. The molecule has 6 rings (SSSR count). The summed E-state index contributed by atoms with van der Waals surface area (Å²) in [7, 11) is 0. The Kier molecular flexibility index (Phi) is 5.30. The maximum absolute atomic E-state index is 13.2. The molecule has 4 unspecified atom stereocenters. The van der Waals surface area contributed by atoms with Gasteiger partial charge in [0.1, 0.15) is 0 Å². The number of esters is 2. The molecule has 4 aromatic rings. The predicted molar refractivity (Wildman–Crippen MR) is 132 cm³/mol. The molecule has 35 heavy (non-hydrogen) atoms. The molecule has 2 aliphatic heterocycles. The number of nitrogens with zero attached hydrogens (tertiary/aromatic N) is 1. The van der Waals surface area contributed by atoms with Gasteiger partial charge in [-0.1, -0.05) is 78.9 Å². The Morgan fingerprint density at radius 3 is 1.31 bits per heavy atom. The normalized spacial score (nSPS) is 21.9. The minimum atomic E-state index is -0.671. The zero-order valence-electron chi connectivity index (χ0n) is 18.9. The van der Waals surface area contributed by atoms with Crippen LogP contribution in [0.25, 0.3) is 0 Å². The van der Waals surface area contributed by atoms with Crippen LogP contribution in [-0.4, -0.2) is 24.1 Å². The van der Waals surface area contributed by atoms with Crippen LogP contribution in [0.15, 0.2) is 115 Å². The van der Waals surface area contributed by atoms with Crippen molar-refractivity contribution in [1.82, 2.24) is 0 Å². The molecule has 0 radical (unpaired) electrons. The highest BCUT2D eigenvalue weighted by Gasteiger charge is 2.60. The van der Waals surface area contributed by atoms with Crippen LogP contribution in [0, 0.1) is 0 Å². The summed E-state index contributed by atoms with van der Waals surface area (Å²) in [4.78, 5) is 28.5. The van der Waals surface area contributed by atoms with E-state index in [1.54, 1.807) is 48.5 Å². The maximum atomic E-state index is 13.2. The Morgan fingerprint density at radius 1 is 0.514 bits per heavy atom. The number of rotatable bonds is 5. The van der Waals surface area contributed by atoms with Crippen LogP contribution in [0.4, 0.5) is 5.69 Å². The van der Waals surface area contributed by atoms with Gasteiger partial charge in [0.2, 0.25) is 0 Å². The van der Waals surface area contributed by atoms with Crippen molar-refractivity contribution in [1.29, 1.82) is 0 Å². The van der Waals surface area contributed by atoms with Crippen molar-refractivity contribution < 1.29 is 19.1 Å². The molecular weight excluding hydrogens is 438 g/mol. The van der Waals surface area contributed by atoms with E-state index in [0.29, 0.717) is 11.1 Å². The molecule has 5 heteroatoms. The third-order valence-corrected chi connectivity index (χ3v) is 6.74. The number of para-hydroxylation sites is 1. The highest BCUT2D eigenvalue weighted by atomic mass is 16.6. The van der Waals surface area contributed by atoms with Crippen LogP contribution in [0.5, 0.6) is 0 Å². The standard InChI is InChI=1S/C30H23NO4/c32-29(20-12-4-1-5-13-20)34-27-25-23-18-10-11-19-24(23)26(31(25)22-16-8-3-9-17-22)28(27)35-30(33)21-14-6-2-7-15-21/h1-19,25-28H. The van der Waals surface area contributed by atoms with Crippen LogP contribution in [0.3, 0.4) is 0 Å². The first-order chi connectivity index (χ1) is 17.2. The van der Waals surface area contributed by atoms with E-state index in [4.69, 9.17) is 9.47 Å². The van der Waals surface area contributed by atoms with Gasteiger partial charge in [-0.2, -0.15) is 0 Å². The largest absolute Gasteiger partial charge is 0.452 e. The van der Waals surface area contributed by atoms with E-state index in [2.05, 4.69) is 17.0 Å².